The van der Waals surface area contributed by atoms with Gasteiger partial charge in [-0.25, -0.2) is 0 Å². The molecule has 1 atom stereocenters. The smallest absolute Gasteiger partial charge is 0.255 e. The number of benzene rings is 1. The summed E-state index contributed by atoms with van der Waals surface area (Å²) < 4.78 is 10.5. The highest BCUT2D eigenvalue weighted by atomic mass is 16.5. The number of rotatable bonds is 7. The van der Waals surface area contributed by atoms with Crippen molar-refractivity contribution in [3.63, 3.8) is 0 Å². The van der Waals surface area contributed by atoms with Gasteiger partial charge in [0.25, 0.3) is 5.91 Å². The summed E-state index contributed by atoms with van der Waals surface area (Å²) in [5, 5.41) is 0. The molecule has 6 nitrogen and oxygen atoms in total. The van der Waals surface area contributed by atoms with Crippen LogP contribution in [0.25, 0.3) is 6.08 Å². The van der Waals surface area contributed by atoms with Gasteiger partial charge in [-0.2, -0.15) is 0 Å². The number of primary amides is 1. The minimum absolute atomic E-state index is 0.000877. The fourth-order valence-corrected chi connectivity index (χ4v) is 2.11. The minimum Gasteiger partial charge on any atom is -0.493 e. The van der Waals surface area contributed by atoms with E-state index in [1.165, 1.54) is 13.2 Å². The van der Waals surface area contributed by atoms with Crippen LogP contribution < -0.4 is 15.2 Å². The van der Waals surface area contributed by atoms with Gasteiger partial charge in [0.2, 0.25) is 5.91 Å². The number of likely N-dealkylation sites (N-methyl/N-ethyl adjacent to an activating group) is 1. The lowest BCUT2D eigenvalue weighted by Gasteiger charge is -2.34. The van der Waals surface area contributed by atoms with Crippen LogP contribution in [0.4, 0.5) is 0 Å². The molecule has 1 rings (SSSR count). The highest BCUT2D eigenvalue weighted by Gasteiger charge is 2.25. The van der Waals surface area contributed by atoms with E-state index in [4.69, 9.17) is 15.2 Å². The first-order valence-corrected chi connectivity index (χ1v) is 8.10. The molecule has 0 fully saturated rings. The van der Waals surface area contributed by atoms with Crippen molar-refractivity contribution in [1.82, 2.24) is 4.90 Å². The van der Waals surface area contributed by atoms with E-state index in [-0.39, 0.29) is 24.0 Å². The Bertz CT molecular complexity index is 647. The highest BCUT2D eigenvalue weighted by molar-refractivity contribution is 5.92. The molecule has 1 aromatic rings. The van der Waals surface area contributed by atoms with Crippen LogP contribution in [-0.2, 0) is 9.59 Å². The molecule has 2 amide bonds. The standard InChI is InChI=1S/C19H28N2O4/c1-13(19(2,3)4)21(5)18(23)10-8-14-7-9-15(16(11-14)24-6)25-12-17(20)22/h7-11,13H,12H2,1-6H3,(H2,20,22). The normalized spacial score (nSPS) is 12.7. The van der Waals surface area contributed by atoms with Crippen LogP contribution in [0.5, 0.6) is 11.5 Å². The molecule has 0 aromatic heterocycles. The van der Waals surface area contributed by atoms with Gasteiger partial charge >= 0.3 is 0 Å². The van der Waals surface area contributed by atoms with Crippen molar-refractivity contribution < 1.29 is 19.1 Å². The van der Waals surface area contributed by atoms with Gasteiger partial charge in [-0.15, -0.1) is 0 Å². The van der Waals surface area contributed by atoms with E-state index in [1.54, 1.807) is 36.2 Å². The largest absolute Gasteiger partial charge is 0.493 e. The van der Waals surface area contributed by atoms with Crippen LogP contribution in [-0.4, -0.2) is 43.5 Å². The number of methoxy groups -OCH3 is 1. The monoisotopic (exact) mass is 348 g/mol. The average Bonchev–Trinajstić information content (AvgIpc) is 2.55. The number of carbonyl (C=O) groups excluding carboxylic acids is 2. The van der Waals surface area contributed by atoms with E-state index in [0.29, 0.717) is 11.5 Å². The number of amides is 2. The van der Waals surface area contributed by atoms with Crippen molar-refractivity contribution in [2.24, 2.45) is 11.1 Å². The van der Waals surface area contributed by atoms with Crippen LogP contribution in [0.3, 0.4) is 0 Å². The summed E-state index contributed by atoms with van der Waals surface area (Å²) in [7, 11) is 3.30. The zero-order valence-electron chi connectivity index (χ0n) is 15.8. The molecule has 0 spiro atoms. The zero-order valence-corrected chi connectivity index (χ0v) is 15.8. The maximum absolute atomic E-state index is 12.3. The minimum atomic E-state index is -0.562. The summed E-state index contributed by atoms with van der Waals surface area (Å²) >= 11 is 0. The third-order valence-electron chi connectivity index (χ3n) is 4.16. The van der Waals surface area contributed by atoms with E-state index < -0.39 is 5.91 Å². The Morgan fingerprint density at radius 1 is 1.28 bits per heavy atom. The van der Waals surface area contributed by atoms with Crippen LogP contribution in [0, 0.1) is 5.41 Å². The van der Waals surface area contributed by atoms with Crippen LogP contribution in [0.1, 0.15) is 33.3 Å². The molecule has 0 saturated heterocycles. The van der Waals surface area contributed by atoms with Crippen molar-refractivity contribution in [3.05, 3.63) is 29.8 Å². The summed E-state index contributed by atoms with van der Waals surface area (Å²) in [5.41, 5.74) is 5.85. The van der Waals surface area contributed by atoms with Gasteiger partial charge in [0.1, 0.15) is 0 Å². The van der Waals surface area contributed by atoms with E-state index in [9.17, 15) is 9.59 Å². The second-order valence-corrected chi connectivity index (χ2v) is 6.99. The van der Waals surface area contributed by atoms with Gasteiger partial charge in [0, 0.05) is 19.2 Å². The molecule has 0 radical (unpaired) electrons. The fourth-order valence-electron chi connectivity index (χ4n) is 2.11. The summed E-state index contributed by atoms with van der Waals surface area (Å²) in [5.74, 6) is 0.249. The number of hydrogen-bond donors (Lipinski definition) is 1. The quantitative estimate of drug-likeness (QED) is 0.768. The van der Waals surface area contributed by atoms with Gasteiger partial charge in [-0.3, -0.25) is 9.59 Å². The van der Waals surface area contributed by atoms with Crippen LogP contribution in [0.2, 0.25) is 0 Å². The number of nitrogens with zero attached hydrogens (tertiary/aromatic N) is 1. The zero-order chi connectivity index (χ0) is 19.2. The van der Waals surface area contributed by atoms with E-state index in [2.05, 4.69) is 20.8 Å². The third-order valence-corrected chi connectivity index (χ3v) is 4.16. The summed E-state index contributed by atoms with van der Waals surface area (Å²) in [6.07, 6.45) is 3.25. The Kier molecular flexibility index (Phi) is 7.03. The molecule has 0 aliphatic rings. The van der Waals surface area contributed by atoms with E-state index in [1.807, 2.05) is 6.92 Å². The number of ether oxygens (including phenoxy) is 2. The summed E-state index contributed by atoms with van der Waals surface area (Å²) in [6, 6.07) is 5.28. The molecule has 1 unspecified atom stereocenters. The summed E-state index contributed by atoms with van der Waals surface area (Å²) in [6.45, 7) is 8.10. The molecule has 0 aliphatic carbocycles. The molecule has 0 bridgehead atoms. The predicted molar refractivity (Wildman–Crippen MR) is 98.4 cm³/mol. The second-order valence-electron chi connectivity index (χ2n) is 6.99. The molecule has 2 N–H and O–H groups in total. The van der Waals surface area contributed by atoms with E-state index >= 15 is 0 Å². The fraction of sp³-hybridized carbons (Fsp3) is 0.474. The first-order chi connectivity index (χ1) is 11.6. The number of carbonyl (C=O) groups is 2. The van der Waals surface area contributed by atoms with Crippen molar-refractivity contribution in [2.45, 2.75) is 33.7 Å². The Labute approximate surface area is 149 Å². The van der Waals surface area contributed by atoms with Gasteiger partial charge < -0.3 is 20.1 Å². The predicted octanol–water partition coefficient (Wildman–Crippen LogP) is 2.47. The number of hydrogen-bond acceptors (Lipinski definition) is 4. The average molecular weight is 348 g/mol. The Morgan fingerprint density at radius 3 is 2.44 bits per heavy atom. The molecular formula is C19H28N2O4. The van der Waals surface area contributed by atoms with Gasteiger partial charge in [0.15, 0.2) is 18.1 Å². The molecular weight excluding hydrogens is 320 g/mol. The Balaban J connectivity index is 2.86. The van der Waals surface area contributed by atoms with E-state index in [0.717, 1.165) is 5.56 Å². The van der Waals surface area contributed by atoms with Gasteiger partial charge in [0.05, 0.1) is 7.11 Å². The van der Waals surface area contributed by atoms with Gasteiger partial charge in [-0.1, -0.05) is 26.8 Å². The van der Waals surface area contributed by atoms with Gasteiger partial charge in [-0.05, 0) is 36.1 Å². The lowest BCUT2D eigenvalue weighted by molar-refractivity contribution is -0.128. The lowest BCUT2D eigenvalue weighted by Crippen LogP contribution is -2.42. The van der Waals surface area contributed by atoms with Crippen molar-refractivity contribution in [1.29, 1.82) is 0 Å². The summed E-state index contributed by atoms with van der Waals surface area (Å²) in [4.78, 5) is 24.9. The maximum Gasteiger partial charge on any atom is 0.255 e. The highest BCUT2D eigenvalue weighted by Crippen LogP contribution is 2.28. The number of nitrogens with two attached hydrogens (primary N) is 1. The van der Waals surface area contributed by atoms with Crippen molar-refractivity contribution in [3.8, 4) is 11.5 Å². The first kappa shape index (κ1) is 20.5. The molecule has 25 heavy (non-hydrogen) atoms. The Morgan fingerprint density at radius 2 is 1.92 bits per heavy atom. The molecule has 1 aromatic carbocycles. The Hall–Kier alpha value is -2.50. The molecule has 0 aliphatic heterocycles. The molecule has 138 valence electrons. The molecule has 0 heterocycles. The topological polar surface area (TPSA) is 81.9 Å². The van der Waals surface area contributed by atoms with Crippen LogP contribution >= 0.6 is 0 Å². The lowest BCUT2D eigenvalue weighted by atomic mass is 9.87. The van der Waals surface area contributed by atoms with Crippen molar-refractivity contribution in [2.75, 3.05) is 20.8 Å². The third kappa shape index (κ3) is 6.14. The second kappa shape index (κ2) is 8.55. The molecule has 0 saturated carbocycles. The maximum atomic E-state index is 12.3. The van der Waals surface area contributed by atoms with Crippen LogP contribution in [0.15, 0.2) is 24.3 Å². The molecule has 6 heteroatoms. The van der Waals surface area contributed by atoms with Crippen molar-refractivity contribution >= 4 is 17.9 Å². The SMILES string of the molecule is COc1cc(C=CC(=O)N(C)C(C)C(C)(C)C)ccc1OCC(N)=O. The first-order valence-electron chi connectivity index (χ1n) is 8.10.